The molecule has 10 heteroatoms. The molecule has 0 aromatic rings. The Morgan fingerprint density at radius 2 is 1.79 bits per heavy atom. The van der Waals surface area contributed by atoms with Crippen molar-refractivity contribution in [2.24, 2.45) is 0 Å². The molecule has 0 rings (SSSR count). The van der Waals surface area contributed by atoms with E-state index in [4.69, 9.17) is 10.2 Å². The standard InChI is InChI=1S/C9H15F3N2O5/c10-9(11,12)5-19-4-3-14-8(18)13-2-1-6(15)7(16)17/h6,15H,1-5H2,(H,16,17)(H2,13,14,18)/t6-/m0/s1. The zero-order valence-electron chi connectivity index (χ0n) is 9.87. The zero-order chi connectivity index (χ0) is 14.9. The van der Waals surface area contributed by atoms with Gasteiger partial charge in [-0.25, -0.2) is 9.59 Å². The van der Waals surface area contributed by atoms with Gasteiger partial charge in [0.2, 0.25) is 0 Å². The van der Waals surface area contributed by atoms with Crippen molar-refractivity contribution >= 4 is 12.0 Å². The van der Waals surface area contributed by atoms with E-state index < -0.39 is 30.9 Å². The summed E-state index contributed by atoms with van der Waals surface area (Å²) in [6.07, 6.45) is -6.15. The summed E-state index contributed by atoms with van der Waals surface area (Å²) < 4.78 is 39.2. The lowest BCUT2D eigenvalue weighted by molar-refractivity contribution is -0.173. The quantitative estimate of drug-likeness (QED) is 0.459. The number of carboxylic acid groups (broad SMARTS) is 1. The number of carbonyl (C=O) groups is 2. The second-order valence-electron chi connectivity index (χ2n) is 3.49. The summed E-state index contributed by atoms with van der Waals surface area (Å²) in [7, 11) is 0. The number of rotatable bonds is 8. The summed E-state index contributed by atoms with van der Waals surface area (Å²) in [5, 5.41) is 21.6. The van der Waals surface area contributed by atoms with E-state index in [1.54, 1.807) is 0 Å². The fourth-order valence-corrected chi connectivity index (χ4v) is 0.933. The van der Waals surface area contributed by atoms with E-state index in [1.807, 2.05) is 0 Å². The lowest BCUT2D eigenvalue weighted by Crippen LogP contribution is -2.39. The molecule has 0 aliphatic heterocycles. The van der Waals surface area contributed by atoms with Gasteiger partial charge in [-0.05, 0) is 0 Å². The van der Waals surface area contributed by atoms with E-state index in [0.717, 1.165) is 0 Å². The van der Waals surface area contributed by atoms with Gasteiger partial charge in [0, 0.05) is 19.5 Å². The Morgan fingerprint density at radius 1 is 1.21 bits per heavy atom. The van der Waals surface area contributed by atoms with Crippen molar-refractivity contribution < 1.29 is 37.7 Å². The van der Waals surface area contributed by atoms with Gasteiger partial charge in [-0.15, -0.1) is 0 Å². The van der Waals surface area contributed by atoms with Crippen molar-refractivity contribution in [1.82, 2.24) is 10.6 Å². The first kappa shape index (κ1) is 17.4. The van der Waals surface area contributed by atoms with Crippen LogP contribution in [0, 0.1) is 0 Å². The van der Waals surface area contributed by atoms with Crippen LogP contribution in [0.25, 0.3) is 0 Å². The number of amides is 2. The van der Waals surface area contributed by atoms with E-state index in [-0.39, 0.29) is 26.1 Å². The molecule has 0 bridgehead atoms. The molecule has 0 spiro atoms. The number of ether oxygens (including phenoxy) is 1. The van der Waals surface area contributed by atoms with Gasteiger partial charge in [-0.3, -0.25) is 0 Å². The summed E-state index contributed by atoms with van der Waals surface area (Å²) in [4.78, 5) is 21.2. The van der Waals surface area contributed by atoms with Crippen molar-refractivity contribution in [1.29, 1.82) is 0 Å². The highest BCUT2D eigenvalue weighted by Crippen LogP contribution is 2.13. The first-order valence-electron chi connectivity index (χ1n) is 5.29. The van der Waals surface area contributed by atoms with Crippen molar-refractivity contribution in [3.63, 3.8) is 0 Å². The second kappa shape index (κ2) is 8.53. The molecule has 0 saturated carbocycles. The number of aliphatic hydroxyl groups excluding tert-OH is 1. The molecule has 0 aliphatic rings. The molecule has 0 fully saturated rings. The molecule has 0 aromatic carbocycles. The number of carbonyl (C=O) groups excluding carboxylic acids is 1. The Bertz CT molecular complexity index is 298. The monoisotopic (exact) mass is 288 g/mol. The SMILES string of the molecule is O=C(NCCOCC(F)(F)F)NCC[C@H](O)C(=O)O. The van der Waals surface area contributed by atoms with Crippen molar-refractivity contribution in [3.05, 3.63) is 0 Å². The van der Waals surface area contributed by atoms with Crippen LogP contribution in [-0.2, 0) is 9.53 Å². The summed E-state index contributed by atoms with van der Waals surface area (Å²) >= 11 is 0. The average molecular weight is 288 g/mol. The molecule has 2 amide bonds. The lowest BCUT2D eigenvalue weighted by Gasteiger charge is -2.10. The van der Waals surface area contributed by atoms with Gasteiger partial charge >= 0.3 is 18.2 Å². The van der Waals surface area contributed by atoms with E-state index in [2.05, 4.69) is 15.4 Å². The number of hydrogen-bond donors (Lipinski definition) is 4. The first-order chi connectivity index (χ1) is 8.72. The number of hydrogen-bond acceptors (Lipinski definition) is 4. The van der Waals surface area contributed by atoms with Gasteiger partial charge in [0.25, 0.3) is 0 Å². The third-order valence-electron chi connectivity index (χ3n) is 1.79. The molecule has 7 nitrogen and oxygen atoms in total. The first-order valence-corrected chi connectivity index (χ1v) is 5.29. The summed E-state index contributed by atoms with van der Waals surface area (Å²) in [5.41, 5.74) is 0. The highest BCUT2D eigenvalue weighted by atomic mass is 19.4. The third kappa shape index (κ3) is 11.3. The number of carboxylic acids is 1. The van der Waals surface area contributed by atoms with E-state index in [9.17, 15) is 22.8 Å². The molecule has 1 atom stereocenters. The van der Waals surface area contributed by atoms with Crippen LogP contribution in [0.4, 0.5) is 18.0 Å². The Morgan fingerprint density at radius 3 is 2.32 bits per heavy atom. The van der Waals surface area contributed by atoms with Crippen molar-refractivity contribution in [2.45, 2.75) is 18.7 Å². The summed E-state index contributed by atoms with van der Waals surface area (Å²) in [6, 6.07) is -0.687. The maximum atomic E-state index is 11.7. The Kier molecular flexibility index (Phi) is 7.84. The molecule has 112 valence electrons. The van der Waals surface area contributed by atoms with Gasteiger partial charge in [-0.1, -0.05) is 0 Å². The van der Waals surface area contributed by atoms with E-state index >= 15 is 0 Å². The maximum absolute atomic E-state index is 11.7. The number of nitrogens with one attached hydrogen (secondary N) is 2. The zero-order valence-corrected chi connectivity index (χ0v) is 9.87. The molecule has 19 heavy (non-hydrogen) atoms. The average Bonchev–Trinajstić information content (AvgIpc) is 2.26. The van der Waals surface area contributed by atoms with Gasteiger partial charge < -0.3 is 25.6 Å². The number of aliphatic hydroxyl groups is 1. The molecule has 0 heterocycles. The van der Waals surface area contributed by atoms with E-state index in [0.29, 0.717) is 0 Å². The Hall–Kier alpha value is -1.55. The van der Waals surface area contributed by atoms with Crippen LogP contribution in [-0.4, -0.2) is 60.8 Å². The van der Waals surface area contributed by atoms with Crippen LogP contribution >= 0.6 is 0 Å². The minimum Gasteiger partial charge on any atom is -0.479 e. The van der Waals surface area contributed by atoms with Crippen LogP contribution in [0.5, 0.6) is 0 Å². The Labute approximate surface area is 106 Å². The van der Waals surface area contributed by atoms with Gasteiger partial charge in [-0.2, -0.15) is 13.2 Å². The highest BCUT2D eigenvalue weighted by Gasteiger charge is 2.27. The van der Waals surface area contributed by atoms with Crippen LogP contribution in [0.1, 0.15) is 6.42 Å². The third-order valence-corrected chi connectivity index (χ3v) is 1.79. The summed E-state index contributed by atoms with van der Waals surface area (Å²) in [6.45, 7) is -1.89. The van der Waals surface area contributed by atoms with Gasteiger partial charge in [0.15, 0.2) is 6.10 Å². The predicted octanol–water partition coefficient (Wildman–Crippen LogP) is -0.300. The van der Waals surface area contributed by atoms with Gasteiger partial charge in [0.05, 0.1) is 6.61 Å². The minimum absolute atomic E-state index is 0.0806. The molecule has 0 aliphatic carbocycles. The molecule has 0 radical (unpaired) electrons. The molecule has 4 N–H and O–H groups in total. The van der Waals surface area contributed by atoms with Crippen LogP contribution < -0.4 is 10.6 Å². The number of halogens is 3. The second-order valence-corrected chi connectivity index (χ2v) is 3.49. The smallest absolute Gasteiger partial charge is 0.411 e. The molecule has 0 saturated heterocycles. The Balaban J connectivity index is 3.48. The number of alkyl halides is 3. The number of urea groups is 1. The highest BCUT2D eigenvalue weighted by molar-refractivity contribution is 5.74. The molecular weight excluding hydrogens is 273 g/mol. The molecule has 0 unspecified atom stereocenters. The van der Waals surface area contributed by atoms with Crippen LogP contribution in [0.2, 0.25) is 0 Å². The topological polar surface area (TPSA) is 108 Å². The van der Waals surface area contributed by atoms with E-state index in [1.165, 1.54) is 0 Å². The van der Waals surface area contributed by atoms with Crippen LogP contribution in [0.3, 0.4) is 0 Å². The normalized spacial score (nSPS) is 12.8. The van der Waals surface area contributed by atoms with Gasteiger partial charge in [0.1, 0.15) is 6.61 Å². The lowest BCUT2D eigenvalue weighted by atomic mass is 10.2. The largest absolute Gasteiger partial charge is 0.479 e. The molecule has 0 aromatic heterocycles. The fourth-order valence-electron chi connectivity index (χ4n) is 0.933. The number of aliphatic carboxylic acids is 1. The minimum atomic E-state index is -4.41. The summed E-state index contributed by atoms with van der Waals surface area (Å²) in [5.74, 6) is -1.40. The maximum Gasteiger partial charge on any atom is 0.411 e. The predicted molar refractivity (Wildman–Crippen MR) is 56.5 cm³/mol. The fraction of sp³-hybridized carbons (Fsp3) is 0.778. The van der Waals surface area contributed by atoms with Crippen molar-refractivity contribution in [3.8, 4) is 0 Å². The van der Waals surface area contributed by atoms with Crippen molar-refractivity contribution in [2.75, 3.05) is 26.3 Å². The van der Waals surface area contributed by atoms with Crippen LogP contribution in [0.15, 0.2) is 0 Å². The molecular formula is C9H15F3N2O5.